The van der Waals surface area contributed by atoms with Gasteiger partial charge in [-0.3, -0.25) is 4.84 Å². The molecule has 2 saturated heterocycles. The molecule has 0 aromatic heterocycles. The molecule has 0 amide bonds. The van der Waals surface area contributed by atoms with Crippen molar-refractivity contribution in [3.8, 4) is 0 Å². The van der Waals surface area contributed by atoms with Gasteiger partial charge in [0.05, 0.1) is 0 Å². The zero-order valence-corrected chi connectivity index (χ0v) is 11.5. The summed E-state index contributed by atoms with van der Waals surface area (Å²) >= 11 is 0. The molecule has 18 heavy (non-hydrogen) atoms. The fraction of sp³-hybridized carbons (Fsp3) is 1.00. The molecule has 1 unspecified atom stereocenters. The summed E-state index contributed by atoms with van der Waals surface area (Å²) in [6, 6.07) is 0. The van der Waals surface area contributed by atoms with E-state index in [9.17, 15) is 0 Å². The standard InChI is InChI=1S/C14H25NO3/c1-11(2)8-12-9-15-18-14(12)10-16-13(17-14)6-4-3-5-7-13/h11-12,15H,3-10H2,1-2H3/t12-,14?/m0/s1. The van der Waals surface area contributed by atoms with Crippen LogP contribution in [0.4, 0.5) is 0 Å². The number of hydroxylamine groups is 1. The Labute approximate surface area is 109 Å². The van der Waals surface area contributed by atoms with Gasteiger partial charge in [-0.1, -0.05) is 20.3 Å². The Balaban J connectivity index is 1.71. The van der Waals surface area contributed by atoms with Gasteiger partial charge in [-0.2, -0.15) is 5.48 Å². The van der Waals surface area contributed by atoms with Crippen molar-refractivity contribution >= 4 is 0 Å². The van der Waals surface area contributed by atoms with Crippen molar-refractivity contribution in [2.24, 2.45) is 11.8 Å². The average Bonchev–Trinajstić information content (AvgIpc) is 2.87. The molecule has 2 spiro atoms. The number of hydrogen-bond acceptors (Lipinski definition) is 4. The van der Waals surface area contributed by atoms with Crippen molar-refractivity contribution < 1.29 is 14.3 Å². The van der Waals surface area contributed by atoms with Crippen LogP contribution in [0.15, 0.2) is 0 Å². The van der Waals surface area contributed by atoms with E-state index < -0.39 is 5.79 Å². The van der Waals surface area contributed by atoms with Gasteiger partial charge in [0.25, 0.3) is 0 Å². The van der Waals surface area contributed by atoms with E-state index in [2.05, 4.69) is 19.3 Å². The number of rotatable bonds is 2. The molecule has 0 aromatic carbocycles. The summed E-state index contributed by atoms with van der Waals surface area (Å²) in [4.78, 5) is 5.75. The Morgan fingerprint density at radius 3 is 2.72 bits per heavy atom. The van der Waals surface area contributed by atoms with Gasteiger partial charge in [0, 0.05) is 25.3 Å². The molecule has 3 aliphatic rings. The fourth-order valence-corrected chi connectivity index (χ4v) is 3.53. The summed E-state index contributed by atoms with van der Waals surface area (Å²) in [5.41, 5.74) is 3.03. The summed E-state index contributed by atoms with van der Waals surface area (Å²) < 4.78 is 12.4. The number of ether oxygens (including phenoxy) is 2. The Bertz CT molecular complexity index is 301. The van der Waals surface area contributed by atoms with Crippen LogP contribution in [0.25, 0.3) is 0 Å². The molecule has 1 N–H and O–H groups in total. The van der Waals surface area contributed by atoms with Crippen molar-refractivity contribution in [1.29, 1.82) is 0 Å². The summed E-state index contributed by atoms with van der Waals surface area (Å²) in [6.07, 6.45) is 6.87. The molecule has 0 radical (unpaired) electrons. The Hall–Kier alpha value is -0.160. The van der Waals surface area contributed by atoms with Gasteiger partial charge in [-0.25, -0.2) is 0 Å². The van der Waals surface area contributed by atoms with Crippen molar-refractivity contribution in [2.75, 3.05) is 13.2 Å². The van der Waals surface area contributed by atoms with Crippen LogP contribution in [0.3, 0.4) is 0 Å². The van der Waals surface area contributed by atoms with Gasteiger partial charge in [0.2, 0.25) is 5.79 Å². The van der Waals surface area contributed by atoms with Crippen molar-refractivity contribution in [1.82, 2.24) is 5.48 Å². The quantitative estimate of drug-likeness (QED) is 0.823. The van der Waals surface area contributed by atoms with Gasteiger partial charge in [0.1, 0.15) is 6.61 Å². The molecular formula is C14H25NO3. The predicted molar refractivity (Wildman–Crippen MR) is 67.6 cm³/mol. The lowest BCUT2D eigenvalue weighted by molar-refractivity contribution is -0.283. The molecular weight excluding hydrogens is 230 g/mol. The lowest BCUT2D eigenvalue weighted by atomic mass is 9.90. The molecule has 3 rings (SSSR count). The highest BCUT2D eigenvalue weighted by atomic mass is 16.9. The Kier molecular flexibility index (Phi) is 3.39. The lowest BCUT2D eigenvalue weighted by Gasteiger charge is -2.34. The van der Waals surface area contributed by atoms with Crippen LogP contribution in [-0.4, -0.2) is 24.7 Å². The van der Waals surface area contributed by atoms with Crippen LogP contribution in [-0.2, 0) is 14.3 Å². The maximum absolute atomic E-state index is 6.34. The summed E-state index contributed by atoms with van der Waals surface area (Å²) in [7, 11) is 0. The number of hydrogen-bond donors (Lipinski definition) is 1. The summed E-state index contributed by atoms with van der Waals surface area (Å²) in [6.45, 7) is 5.95. The van der Waals surface area contributed by atoms with Gasteiger partial charge in [-0.15, -0.1) is 0 Å². The van der Waals surface area contributed by atoms with E-state index >= 15 is 0 Å². The molecule has 2 heterocycles. The topological polar surface area (TPSA) is 39.7 Å². The van der Waals surface area contributed by atoms with Gasteiger partial charge in [-0.05, 0) is 25.2 Å². The molecule has 2 atom stereocenters. The third kappa shape index (κ3) is 2.20. The first-order valence-corrected chi connectivity index (χ1v) is 7.39. The van der Waals surface area contributed by atoms with Crippen molar-refractivity contribution in [3.63, 3.8) is 0 Å². The maximum atomic E-state index is 6.34. The maximum Gasteiger partial charge on any atom is 0.217 e. The largest absolute Gasteiger partial charge is 0.344 e. The van der Waals surface area contributed by atoms with Crippen molar-refractivity contribution in [2.45, 2.75) is 63.9 Å². The van der Waals surface area contributed by atoms with Crippen LogP contribution in [0, 0.1) is 11.8 Å². The first kappa shape index (κ1) is 12.9. The minimum Gasteiger partial charge on any atom is -0.344 e. The Morgan fingerprint density at radius 2 is 2.00 bits per heavy atom. The second kappa shape index (κ2) is 4.75. The van der Waals surface area contributed by atoms with E-state index in [0.717, 1.165) is 25.8 Å². The summed E-state index contributed by atoms with van der Waals surface area (Å²) in [5.74, 6) is 0.182. The first-order valence-electron chi connectivity index (χ1n) is 7.39. The molecule has 1 saturated carbocycles. The zero-order valence-electron chi connectivity index (χ0n) is 11.5. The van der Waals surface area contributed by atoms with E-state index in [-0.39, 0.29) is 5.79 Å². The molecule has 0 aromatic rings. The van der Waals surface area contributed by atoms with Crippen LogP contribution in [0.5, 0.6) is 0 Å². The molecule has 104 valence electrons. The smallest absolute Gasteiger partial charge is 0.217 e. The molecule has 3 fully saturated rings. The highest BCUT2D eigenvalue weighted by Gasteiger charge is 2.58. The fourth-order valence-electron chi connectivity index (χ4n) is 3.53. The second-order valence-corrected chi connectivity index (χ2v) is 6.45. The first-order chi connectivity index (χ1) is 8.64. The number of nitrogens with one attached hydrogen (secondary N) is 1. The van der Waals surface area contributed by atoms with Crippen LogP contribution in [0.2, 0.25) is 0 Å². The highest BCUT2D eigenvalue weighted by molar-refractivity contribution is 4.93. The van der Waals surface area contributed by atoms with E-state index in [0.29, 0.717) is 18.4 Å². The molecule has 0 bridgehead atoms. The second-order valence-electron chi connectivity index (χ2n) is 6.45. The molecule has 4 nitrogen and oxygen atoms in total. The van der Waals surface area contributed by atoms with E-state index in [1.165, 1.54) is 19.3 Å². The van der Waals surface area contributed by atoms with Crippen LogP contribution >= 0.6 is 0 Å². The monoisotopic (exact) mass is 255 g/mol. The minimum absolute atomic E-state index is 0.348. The third-order valence-electron chi connectivity index (χ3n) is 4.46. The lowest BCUT2D eigenvalue weighted by Crippen LogP contribution is -2.43. The van der Waals surface area contributed by atoms with Gasteiger partial charge in [0.15, 0.2) is 5.79 Å². The normalized spacial score (nSPS) is 39.2. The SMILES string of the molecule is CC(C)C[C@H]1CNOC12COC1(CCCCC1)O2. The van der Waals surface area contributed by atoms with Gasteiger partial charge < -0.3 is 9.47 Å². The van der Waals surface area contributed by atoms with E-state index in [1.807, 2.05) is 0 Å². The van der Waals surface area contributed by atoms with Crippen LogP contribution < -0.4 is 5.48 Å². The highest BCUT2D eigenvalue weighted by Crippen LogP contribution is 2.47. The molecule has 1 aliphatic carbocycles. The Morgan fingerprint density at radius 1 is 1.22 bits per heavy atom. The average molecular weight is 255 g/mol. The van der Waals surface area contributed by atoms with E-state index in [1.54, 1.807) is 0 Å². The molecule has 2 aliphatic heterocycles. The minimum atomic E-state index is -0.526. The summed E-state index contributed by atoms with van der Waals surface area (Å²) in [5, 5.41) is 0. The van der Waals surface area contributed by atoms with Crippen LogP contribution in [0.1, 0.15) is 52.4 Å². The molecule has 4 heteroatoms. The third-order valence-corrected chi connectivity index (χ3v) is 4.46. The van der Waals surface area contributed by atoms with E-state index in [4.69, 9.17) is 14.3 Å². The predicted octanol–water partition coefficient (Wildman–Crippen LogP) is 2.59. The zero-order chi connectivity index (χ0) is 12.6. The van der Waals surface area contributed by atoms with Crippen molar-refractivity contribution in [3.05, 3.63) is 0 Å². The van der Waals surface area contributed by atoms with Gasteiger partial charge >= 0.3 is 0 Å².